The summed E-state index contributed by atoms with van der Waals surface area (Å²) in [6.45, 7) is 21.0. The SMILES string of the molecule is CC(C)(C)c1ccc2c(c1)c1cc(C(C)(C)C)ccc1n2-c1ccc2c(c1C(C)(C)C)c1c(-c3ccccc3)cccc1n2-c1ccccc1. The lowest BCUT2D eigenvalue weighted by atomic mass is 9.81. The first-order valence-corrected chi connectivity index (χ1v) is 18.0. The molecule has 0 unspecified atom stereocenters. The molecule has 6 aromatic carbocycles. The third-order valence-corrected chi connectivity index (χ3v) is 10.5. The van der Waals surface area contributed by atoms with Crippen LogP contribution < -0.4 is 0 Å². The van der Waals surface area contributed by atoms with Crippen LogP contribution in [0.15, 0.2) is 127 Å². The van der Waals surface area contributed by atoms with Gasteiger partial charge in [0.25, 0.3) is 0 Å². The molecule has 0 fully saturated rings. The maximum atomic E-state index is 2.56. The number of para-hydroxylation sites is 1. The smallest absolute Gasteiger partial charge is 0.0547 e. The van der Waals surface area contributed by atoms with Crippen molar-refractivity contribution in [2.45, 2.75) is 78.6 Å². The molecule has 0 spiro atoms. The molecule has 8 aromatic rings. The summed E-state index contributed by atoms with van der Waals surface area (Å²) < 4.78 is 5.02. The van der Waals surface area contributed by atoms with Gasteiger partial charge in [0.1, 0.15) is 0 Å². The van der Waals surface area contributed by atoms with Crippen LogP contribution in [0.5, 0.6) is 0 Å². The van der Waals surface area contributed by atoms with Gasteiger partial charge >= 0.3 is 0 Å². The molecule has 0 aliphatic heterocycles. The molecule has 0 amide bonds. The standard InChI is InChI=1S/C48H48N2/c1-46(2,3)32-23-25-38-36(29-32)37-30-33(47(4,5)6)24-26-39(37)50(38)42-28-27-41-44(45(42)48(7,8)9)43-35(31-17-12-10-13-18-31)21-16-22-40(43)49(41)34-19-14-11-15-20-34/h10-30H,1-9H3. The Hall–Kier alpha value is -5.08. The first kappa shape index (κ1) is 32.1. The molecular weight excluding hydrogens is 605 g/mol. The molecule has 2 heteroatoms. The highest BCUT2D eigenvalue weighted by Gasteiger charge is 2.29. The average Bonchev–Trinajstić information content (AvgIpc) is 3.59. The van der Waals surface area contributed by atoms with Gasteiger partial charge in [0.2, 0.25) is 0 Å². The first-order valence-electron chi connectivity index (χ1n) is 18.0. The van der Waals surface area contributed by atoms with Crippen molar-refractivity contribution in [3.63, 3.8) is 0 Å². The molecule has 250 valence electrons. The second-order valence-electron chi connectivity index (χ2n) is 17.1. The minimum Gasteiger partial charge on any atom is -0.309 e. The lowest BCUT2D eigenvalue weighted by Crippen LogP contribution is -2.16. The van der Waals surface area contributed by atoms with Crippen molar-refractivity contribution >= 4 is 43.6 Å². The van der Waals surface area contributed by atoms with Crippen LogP contribution in [-0.4, -0.2) is 9.13 Å². The van der Waals surface area contributed by atoms with E-state index in [0.717, 1.165) is 0 Å². The van der Waals surface area contributed by atoms with Crippen molar-refractivity contribution in [2.75, 3.05) is 0 Å². The van der Waals surface area contributed by atoms with Crippen LogP contribution in [0.25, 0.3) is 66.1 Å². The zero-order valence-electron chi connectivity index (χ0n) is 31.0. The lowest BCUT2D eigenvalue weighted by molar-refractivity contribution is 0.590. The molecule has 0 aliphatic carbocycles. The van der Waals surface area contributed by atoms with Crippen LogP contribution in [0, 0.1) is 0 Å². The van der Waals surface area contributed by atoms with Crippen LogP contribution >= 0.6 is 0 Å². The largest absolute Gasteiger partial charge is 0.309 e. The average molecular weight is 653 g/mol. The molecule has 0 saturated carbocycles. The molecule has 0 aliphatic rings. The predicted molar refractivity (Wildman–Crippen MR) is 217 cm³/mol. The van der Waals surface area contributed by atoms with E-state index in [1.165, 1.54) is 82.8 Å². The summed E-state index contributed by atoms with van der Waals surface area (Å²) >= 11 is 0. The zero-order chi connectivity index (χ0) is 35.2. The van der Waals surface area contributed by atoms with Crippen molar-refractivity contribution in [1.82, 2.24) is 9.13 Å². The molecule has 8 rings (SSSR count). The van der Waals surface area contributed by atoms with Crippen molar-refractivity contribution in [3.8, 4) is 22.5 Å². The number of aromatic nitrogens is 2. The Labute approximate surface area is 297 Å². The third-order valence-electron chi connectivity index (χ3n) is 10.5. The molecule has 0 N–H and O–H groups in total. The molecule has 2 heterocycles. The van der Waals surface area contributed by atoms with Gasteiger partial charge in [-0.1, -0.05) is 135 Å². The van der Waals surface area contributed by atoms with E-state index in [4.69, 9.17) is 0 Å². The second kappa shape index (κ2) is 11.2. The maximum Gasteiger partial charge on any atom is 0.0547 e. The van der Waals surface area contributed by atoms with Crippen LogP contribution in [0.1, 0.15) is 79.0 Å². The maximum absolute atomic E-state index is 2.56. The summed E-state index contributed by atoms with van der Waals surface area (Å²) in [4.78, 5) is 0. The van der Waals surface area contributed by atoms with E-state index in [9.17, 15) is 0 Å². The molecule has 50 heavy (non-hydrogen) atoms. The summed E-state index contributed by atoms with van der Waals surface area (Å²) in [7, 11) is 0. The highest BCUT2D eigenvalue weighted by Crippen LogP contribution is 2.47. The number of nitrogens with zero attached hydrogens (tertiary/aromatic N) is 2. The number of rotatable bonds is 3. The number of hydrogen-bond acceptors (Lipinski definition) is 0. The Bertz CT molecular complexity index is 2490. The topological polar surface area (TPSA) is 9.86 Å². The quantitative estimate of drug-likeness (QED) is 0.180. The Morgan fingerprint density at radius 1 is 0.400 bits per heavy atom. The Morgan fingerprint density at radius 3 is 1.46 bits per heavy atom. The monoisotopic (exact) mass is 652 g/mol. The molecule has 0 bridgehead atoms. The molecule has 0 atom stereocenters. The van der Waals surface area contributed by atoms with E-state index in [1.807, 2.05) is 0 Å². The van der Waals surface area contributed by atoms with Gasteiger partial charge in [-0.05, 0) is 98.7 Å². The highest BCUT2D eigenvalue weighted by atomic mass is 15.0. The minimum atomic E-state index is -0.173. The van der Waals surface area contributed by atoms with Crippen LogP contribution in [0.4, 0.5) is 0 Å². The van der Waals surface area contributed by atoms with Gasteiger partial charge in [-0.25, -0.2) is 0 Å². The van der Waals surface area contributed by atoms with Crippen LogP contribution in [0.3, 0.4) is 0 Å². The molecular formula is C48H48N2. The van der Waals surface area contributed by atoms with Crippen LogP contribution in [-0.2, 0) is 16.2 Å². The summed E-state index contributed by atoms with van der Waals surface area (Å²) in [5.41, 5.74) is 13.9. The number of hydrogen-bond donors (Lipinski definition) is 0. The predicted octanol–water partition coefficient (Wildman–Crippen LogP) is 13.4. The summed E-state index contributed by atoms with van der Waals surface area (Å²) in [6.07, 6.45) is 0. The van der Waals surface area contributed by atoms with E-state index in [1.54, 1.807) is 0 Å². The van der Waals surface area contributed by atoms with Gasteiger partial charge in [0.15, 0.2) is 0 Å². The lowest BCUT2D eigenvalue weighted by Gasteiger charge is -2.26. The zero-order valence-corrected chi connectivity index (χ0v) is 31.0. The first-order chi connectivity index (χ1) is 23.7. The fourth-order valence-electron chi connectivity index (χ4n) is 8.01. The van der Waals surface area contributed by atoms with Gasteiger partial charge in [-0.2, -0.15) is 0 Å². The highest BCUT2D eigenvalue weighted by molar-refractivity contribution is 6.19. The Morgan fingerprint density at radius 2 is 0.920 bits per heavy atom. The second-order valence-corrected chi connectivity index (χ2v) is 17.1. The van der Waals surface area contributed by atoms with E-state index in [-0.39, 0.29) is 16.2 Å². The minimum absolute atomic E-state index is 0.0484. The molecule has 2 nitrogen and oxygen atoms in total. The molecule has 0 radical (unpaired) electrons. The van der Waals surface area contributed by atoms with Gasteiger partial charge in [-0.3, -0.25) is 0 Å². The van der Waals surface area contributed by atoms with Crippen molar-refractivity contribution in [3.05, 3.63) is 144 Å². The number of benzene rings is 6. The summed E-state index contributed by atoms with van der Waals surface area (Å²) in [5, 5.41) is 5.25. The van der Waals surface area contributed by atoms with Gasteiger partial charge in [0, 0.05) is 27.2 Å². The van der Waals surface area contributed by atoms with Gasteiger partial charge in [-0.15, -0.1) is 0 Å². The van der Waals surface area contributed by atoms with Gasteiger partial charge < -0.3 is 9.13 Å². The Balaban J connectivity index is 1.57. The summed E-state index contributed by atoms with van der Waals surface area (Å²) in [5.74, 6) is 0. The normalized spacial score (nSPS) is 12.9. The van der Waals surface area contributed by atoms with E-state index in [2.05, 4.69) is 199 Å². The third kappa shape index (κ3) is 5.07. The summed E-state index contributed by atoms with van der Waals surface area (Å²) in [6, 6.07) is 47.6. The Kier molecular flexibility index (Phi) is 7.21. The van der Waals surface area contributed by atoms with Gasteiger partial charge in [0.05, 0.1) is 27.8 Å². The van der Waals surface area contributed by atoms with Crippen molar-refractivity contribution in [1.29, 1.82) is 0 Å². The van der Waals surface area contributed by atoms with Crippen molar-refractivity contribution < 1.29 is 0 Å². The molecule has 2 aromatic heterocycles. The van der Waals surface area contributed by atoms with E-state index >= 15 is 0 Å². The van der Waals surface area contributed by atoms with Crippen molar-refractivity contribution in [2.24, 2.45) is 0 Å². The fourth-order valence-corrected chi connectivity index (χ4v) is 8.01. The molecule has 0 saturated heterocycles. The fraction of sp³-hybridized carbons (Fsp3) is 0.250. The van der Waals surface area contributed by atoms with E-state index in [0.29, 0.717) is 0 Å². The van der Waals surface area contributed by atoms with Crippen LogP contribution in [0.2, 0.25) is 0 Å². The van der Waals surface area contributed by atoms with E-state index < -0.39 is 0 Å². The number of fused-ring (bicyclic) bond motifs is 6.